The molecule has 1 aromatic rings. The van der Waals surface area contributed by atoms with Gasteiger partial charge in [-0.3, -0.25) is 0 Å². The van der Waals surface area contributed by atoms with Gasteiger partial charge >= 0.3 is 0 Å². The van der Waals surface area contributed by atoms with Gasteiger partial charge in [-0.05, 0) is 43.5 Å². The van der Waals surface area contributed by atoms with Gasteiger partial charge in [0.15, 0.2) is 0 Å². The van der Waals surface area contributed by atoms with Crippen molar-refractivity contribution in [1.29, 1.82) is 5.26 Å². The van der Waals surface area contributed by atoms with E-state index in [0.29, 0.717) is 22.5 Å². The zero-order chi connectivity index (χ0) is 13.0. The van der Waals surface area contributed by atoms with Crippen molar-refractivity contribution in [2.24, 2.45) is 11.7 Å². The number of rotatable bonds is 3. The highest BCUT2D eigenvalue weighted by Crippen LogP contribution is 2.28. The first-order chi connectivity index (χ1) is 8.74. The fraction of sp³-hybridized carbons (Fsp3) is 0.500. The quantitative estimate of drug-likeness (QED) is 0.881. The van der Waals surface area contributed by atoms with E-state index in [1.807, 2.05) is 12.1 Å². The van der Waals surface area contributed by atoms with E-state index in [4.69, 9.17) is 22.6 Å². The normalized spacial score (nSPS) is 23.4. The lowest BCUT2D eigenvalue weighted by Crippen LogP contribution is -2.36. The van der Waals surface area contributed by atoms with Crippen molar-refractivity contribution < 1.29 is 0 Å². The molecule has 2 rings (SSSR count). The maximum atomic E-state index is 8.96. The number of anilines is 1. The summed E-state index contributed by atoms with van der Waals surface area (Å²) in [7, 11) is 0. The molecule has 0 bridgehead atoms. The lowest BCUT2D eigenvalue weighted by Gasteiger charge is -2.32. The SMILES string of the molecule is N#Cc1cc(NC2CCCCC2CN)ccc1Cl. The minimum Gasteiger partial charge on any atom is -0.382 e. The zero-order valence-corrected chi connectivity index (χ0v) is 11.1. The molecule has 1 aliphatic carbocycles. The summed E-state index contributed by atoms with van der Waals surface area (Å²) >= 11 is 5.92. The largest absolute Gasteiger partial charge is 0.382 e. The van der Waals surface area contributed by atoms with Crippen LogP contribution in [0.15, 0.2) is 18.2 Å². The maximum absolute atomic E-state index is 8.96. The molecular formula is C14H18ClN3. The molecule has 0 saturated heterocycles. The number of nitriles is 1. The van der Waals surface area contributed by atoms with E-state index in [0.717, 1.165) is 18.7 Å². The van der Waals surface area contributed by atoms with Crippen LogP contribution in [0.4, 0.5) is 5.69 Å². The molecule has 1 aliphatic rings. The summed E-state index contributed by atoms with van der Waals surface area (Å²) in [6.07, 6.45) is 4.84. The second kappa shape index (κ2) is 6.08. The third kappa shape index (κ3) is 2.95. The van der Waals surface area contributed by atoms with Crippen LogP contribution < -0.4 is 11.1 Å². The molecule has 4 heteroatoms. The average molecular weight is 264 g/mol. The molecule has 96 valence electrons. The minimum absolute atomic E-state index is 0.413. The topological polar surface area (TPSA) is 61.8 Å². The van der Waals surface area contributed by atoms with Crippen LogP contribution in [-0.2, 0) is 0 Å². The van der Waals surface area contributed by atoms with Crippen LogP contribution in [0.2, 0.25) is 5.02 Å². The molecule has 2 atom stereocenters. The van der Waals surface area contributed by atoms with Crippen LogP contribution in [0.25, 0.3) is 0 Å². The Bertz CT molecular complexity index is 453. The summed E-state index contributed by atoms with van der Waals surface area (Å²) < 4.78 is 0. The Morgan fingerprint density at radius 2 is 2.17 bits per heavy atom. The van der Waals surface area contributed by atoms with Crippen LogP contribution in [0, 0.1) is 17.2 Å². The van der Waals surface area contributed by atoms with E-state index in [1.54, 1.807) is 6.07 Å². The van der Waals surface area contributed by atoms with Gasteiger partial charge < -0.3 is 11.1 Å². The van der Waals surface area contributed by atoms with Crippen molar-refractivity contribution in [3.8, 4) is 6.07 Å². The number of benzene rings is 1. The molecule has 0 amide bonds. The van der Waals surface area contributed by atoms with Crippen LogP contribution in [0.1, 0.15) is 31.2 Å². The smallest absolute Gasteiger partial charge is 0.101 e. The standard InChI is InChI=1S/C14H18ClN3/c15-13-6-5-12(7-11(13)9-17)18-14-4-2-1-3-10(14)8-16/h5-7,10,14,18H,1-4,8,16H2. The molecule has 1 aromatic carbocycles. The molecule has 0 spiro atoms. The first-order valence-electron chi connectivity index (χ1n) is 6.41. The summed E-state index contributed by atoms with van der Waals surface area (Å²) in [5.41, 5.74) is 7.29. The van der Waals surface area contributed by atoms with Gasteiger partial charge in [-0.15, -0.1) is 0 Å². The van der Waals surface area contributed by atoms with Gasteiger partial charge in [0.05, 0.1) is 10.6 Å². The number of hydrogen-bond donors (Lipinski definition) is 2. The molecule has 1 saturated carbocycles. The highest BCUT2D eigenvalue weighted by atomic mass is 35.5. The Hall–Kier alpha value is -1.24. The van der Waals surface area contributed by atoms with Gasteiger partial charge in [0.2, 0.25) is 0 Å². The van der Waals surface area contributed by atoms with Crippen molar-refractivity contribution in [3.05, 3.63) is 28.8 Å². The van der Waals surface area contributed by atoms with Crippen molar-refractivity contribution in [3.63, 3.8) is 0 Å². The average Bonchev–Trinajstić information content (AvgIpc) is 2.41. The first kappa shape index (κ1) is 13.2. The molecule has 18 heavy (non-hydrogen) atoms. The number of halogens is 1. The van der Waals surface area contributed by atoms with Crippen LogP contribution >= 0.6 is 11.6 Å². The molecule has 1 fully saturated rings. The Morgan fingerprint density at radius 1 is 1.39 bits per heavy atom. The van der Waals surface area contributed by atoms with Gasteiger partial charge in [0.1, 0.15) is 6.07 Å². The summed E-state index contributed by atoms with van der Waals surface area (Å²) in [5, 5.41) is 13.0. The lowest BCUT2D eigenvalue weighted by molar-refractivity contribution is 0.332. The van der Waals surface area contributed by atoms with Crippen molar-refractivity contribution in [2.45, 2.75) is 31.7 Å². The van der Waals surface area contributed by atoms with Gasteiger partial charge in [-0.1, -0.05) is 24.4 Å². The monoisotopic (exact) mass is 263 g/mol. The Kier molecular flexibility index (Phi) is 4.46. The predicted octanol–water partition coefficient (Wildman–Crippen LogP) is 3.14. The summed E-state index contributed by atoms with van der Waals surface area (Å²) in [5.74, 6) is 0.528. The number of nitrogens with two attached hydrogens (primary N) is 1. The number of hydrogen-bond acceptors (Lipinski definition) is 3. The summed E-state index contributed by atoms with van der Waals surface area (Å²) in [6.45, 7) is 0.719. The van der Waals surface area contributed by atoms with E-state index in [9.17, 15) is 0 Å². The van der Waals surface area contributed by atoms with Gasteiger partial charge in [-0.2, -0.15) is 5.26 Å². The molecule has 2 unspecified atom stereocenters. The highest BCUT2D eigenvalue weighted by Gasteiger charge is 2.23. The van der Waals surface area contributed by atoms with E-state index < -0.39 is 0 Å². The molecule has 0 radical (unpaired) electrons. The molecule has 0 aromatic heterocycles. The second-order valence-corrected chi connectivity index (χ2v) is 5.24. The first-order valence-corrected chi connectivity index (χ1v) is 6.78. The molecule has 0 heterocycles. The molecule has 3 nitrogen and oxygen atoms in total. The minimum atomic E-state index is 0.413. The van der Waals surface area contributed by atoms with E-state index in [-0.39, 0.29) is 0 Å². The lowest BCUT2D eigenvalue weighted by atomic mass is 9.84. The van der Waals surface area contributed by atoms with E-state index >= 15 is 0 Å². The van der Waals surface area contributed by atoms with Gasteiger partial charge in [0.25, 0.3) is 0 Å². The van der Waals surface area contributed by atoms with E-state index in [2.05, 4.69) is 11.4 Å². The van der Waals surface area contributed by atoms with Crippen molar-refractivity contribution in [1.82, 2.24) is 0 Å². The van der Waals surface area contributed by atoms with Crippen LogP contribution in [0.3, 0.4) is 0 Å². The fourth-order valence-electron chi connectivity index (χ4n) is 2.59. The van der Waals surface area contributed by atoms with Crippen molar-refractivity contribution >= 4 is 17.3 Å². The Morgan fingerprint density at radius 3 is 2.89 bits per heavy atom. The highest BCUT2D eigenvalue weighted by molar-refractivity contribution is 6.31. The molecular weight excluding hydrogens is 246 g/mol. The number of nitrogens with zero attached hydrogens (tertiary/aromatic N) is 1. The van der Waals surface area contributed by atoms with Gasteiger partial charge in [-0.25, -0.2) is 0 Å². The maximum Gasteiger partial charge on any atom is 0.101 e. The Balaban J connectivity index is 2.11. The van der Waals surface area contributed by atoms with Gasteiger partial charge in [0, 0.05) is 11.7 Å². The predicted molar refractivity (Wildman–Crippen MR) is 74.6 cm³/mol. The summed E-state index contributed by atoms with van der Waals surface area (Å²) in [6, 6.07) is 8.01. The molecule has 3 N–H and O–H groups in total. The van der Waals surface area contributed by atoms with E-state index in [1.165, 1.54) is 19.3 Å². The second-order valence-electron chi connectivity index (χ2n) is 4.84. The Labute approximate surface area is 113 Å². The van der Waals surface area contributed by atoms with Crippen molar-refractivity contribution in [2.75, 3.05) is 11.9 Å². The fourth-order valence-corrected chi connectivity index (χ4v) is 2.75. The third-order valence-corrected chi connectivity index (χ3v) is 3.98. The number of nitrogens with one attached hydrogen (secondary N) is 1. The molecule has 0 aliphatic heterocycles. The van der Waals surface area contributed by atoms with Crippen LogP contribution in [-0.4, -0.2) is 12.6 Å². The third-order valence-electron chi connectivity index (χ3n) is 3.65. The zero-order valence-electron chi connectivity index (χ0n) is 10.3. The summed E-state index contributed by atoms with van der Waals surface area (Å²) in [4.78, 5) is 0. The van der Waals surface area contributed by atoms with Crippen LogP contribution in [0.5, 0.6) is 0 Å².